The molecular weight excluding hydrogens is 504 g/mol. The summed E-state index contributed by atoms with van der Waals surface area (Å²) in [6.45, 7) is 0. The largest absolute Gasteiger partial charge is 0.478 e. The molecule has 0 aliphatic heterocycles. The van der Waals surface area contributed by atoms with Crippen LogP contribution in [0.25, 0.3) is 0 Å². The van der Waals surface area contributed by atoms with Crippen LogP contribution in [-0.2, 0) is 46.4 Å². The van der Waals surface area contributed by atoms with Crippen molar-refractivity contribution in [1.82, 2.24) is 0 Å². The highest BCUT2D eigenvalue weighted by molar-refractivity contribution is 5.90. The number of carbonyl (C=O) groups excluding carboxylic acids is 3. The van der Waals surface area contributed by atoms with Crippen molar-refractivity contribution in [3.05, 3.63) is 142 Å². The van der Waals surface area contributed by atoms with Gasteiger partial charge in [-0.05, 0) is 64.1 Å². The number of benzene rings is 4. The molecule has 202 valence electrons. The number of ether oxygens (including phenoxy) is 1. The van der Waals surface area contributed by atoms with E-state index in [1.807, 2.05) is 48.5 Å². The van der Waals surface area contributed by atoms with Crippen LogP contribution in [-0.4, -0.2) is 35.7 Å². The molecule has 0 saturated heterocycles. The predicted molar refractivity (Wildman–Crippen MR) is 152 cm³/mol. The highest BCUT2D eigenvalue weighted by Crippen LogP contribution is 2.15. The summed E-state index contributed by atoms with van der Waals surface area (Å²) in [5.74, 6) is -1.22. The zero-order valence-electron chi connectivity index (χ0n) is 22.3. The Hall–Kier alpha value is -4.84. The predicted octanol–water partition coefficient (Wildman–Crippen LogP) is 5.47. The number of rotatable bonds is 12. The molecule has 0 atom stereocenters. The molecule has 0 bridgehead atoms. The number of carboxylic acids is 1. The van der Waals surface area contributed by atoms with Gasteiger partial charge < -0.3 is 9.84 Å². The van der Waals surface area contributed by atoms with Gasteiger partial charge in [0.1, 0.15) is 11.6 Å². The van der Waals surface area contributed by atoms with Crippen molar-refractivity contribution < 1.29 is 29.0 Å². The fourth-order valence-electron chi connectivity index (χ4n) is 4.46. The van der Waals surface area contributed by atoms with E-state index in [1.54, 1.807) is 36.4 Å². The molecule has 0 aliphatic carbocycles. The van der Waals surface area contributed by atoms with E-state index in [-0.39, 0.29) is 23.6 Å². The number of carboxylic acid groups (broad SMARTS) is 1. The minimum absolute atomic E-state index is 0.0687. The summed E-state index contributed by atoms with van der Waals surface area (Å²) in [7, 11) is 1.34. The Balaban J connectivity index is 1.25. The first kappa shape index (κ1) is 28.2. The first-order valence-electron chi connectivity index (χ1n) is 13.0. The third-order valence-corrected chi connectivity index (χ3v) is 6.64. The summed E-state index contributed by atoms with van der Waals surface area (Å²) in [5.41, 5.74) is 6.45. The highest BCUT2D eigenvalue weighted by Gasteiger charge is 2.10. The number of carbonyl (C=O) groups is 4. The van der Waals surface area contributed by atoms with Crippen LogP contribution in [0.15, 0.2) is 97.1 Å². The molecule has 0 unspecified atom stereocenters. The number of methoxy groups -OCH3 is 1. The van der Waals surface area contributed by atoms with E-state index in [1.165, 1.54) is 19.2 Å². The zero-order chi connectivity index (χ0) is 28.5. The van der Waals surface area contributed by atoms with Gasteiger partial charge in [-0.25, -0.2) is 9.59 Å². The lowest BCUT2D eigenvalue weighted by Gasteiger charge is -2.07. The number of ketones is 2. The molecule has 0 aliphatic rings. The molecule has 0 radical (unpaired) electrons. The minimum atomic E-state index is -0.985. The van der Waals surface area contributed by atoms with Crippen LogP contribution in [0.4, 0.5) is 0 Å². The Labute approximate surface area is 233 Å². The topological polar surface area (TPSA) is 97.7 Å². The van der Waals surface area contributed by atoms with Crippen molar-refractivity contribution in [3.63, 3.8) is 0 Å². The summed E-state index contributed by atoms with van der Waals surface area (Å²) in [4.78, 5) is 47.5. The zero-order valence-corrected chi connectivity index (χ0v) is 22.3. The molecule has 6 nitrogen and oxygen atoms in total. The molecule has 4 rings (SSSR count). The van der Waals surface area contributed by atoms with Gasteiger partial charge in [-0.3, -0.25) is 9.59 Å². The van der Waals surface area contributed by atoms with Crippen LogP contribution in [0.1, 0.15) is 54.1 Å². The minimum Gasteiger partial charge on any atom is -0.478 e. The monoisotopic (exact) mass is 534 g/mol. The van der Waals surface area contributed by atoms with Crippen molar-refractivity contribution in [2.75, 3.05) is 7.11 Å². The Morgan fingerprint density at radius 1 is 0.500 bits per heavy atom. The van der Waals surface area contributed by atoms with Crippen LogP contribution >= 0.6 is 0 Å². The first-order valence-corrected chi connectivity index (χ1v) is 13.0. The van der Waals surface area contributed by atoms with Crippen LogP contribution in [0.3, 0.4) is 0 Å². The fourth-order valence-corrected chi connectivity index (χ4v) is 4.46. The molecule has 0 fully saturated rings. The number of Topliss-reactive ketones (excluding diaryl/α,β-unsaturated/α-hetero) is 2. The summed E-state index contributed by atoms with van der Waals surface area (Å²) in [5, 5.41) is 8.99. The maximum Gasteiger partial charge on any atom is 0.337 e. The van der Waals surface area contributed by atoms with E-state index in [0.29, 0.717) is 24.8 Å². The van der Waals surface area contributed by atoms with Crippen LogP contribution in [0, 0.1) is 0 Å². The summed E-state index contributed by atoms with van der Waals surface area (Å²) < 4.78 is 4.70. The summed E-state index contributed by atoms with van der Waals surface area (Å²) >= 11 is 0. The average Bonchev–Trinajstić information content (AvgIpc) is 2.95. The Morgan fingerprint density at radius 2 is 0.800 bits per heavy atom. The number of aromatic carboxylic acids is 1. The Kier molecular flexibility index (Phi) is 9.36. The van der Waals surface area contributed by atoms with E-state index in [0.717, 1.165) is 39.8 Å². The van der Waals surface area contributed by atoms with Crippen molar-refractivity contribution in [3.8, 4) is 0 Å². The second-order valence-corrected chi connectivity index (χ2v) is 9.78. The molecule has 4 aromatic rings. The van der Waals surface area contributed by atoms with Crippen molar-refractivity contribution in [1.29, 1.82) is 0 Å². The molecule has 0 saturated carbocycles. The van der Waals surface area contributed by atoms with Gasteiger partial charge in [0.05, 0.1) is 18.2 Å². The fraction of sp³-hybridized carbons (Fsp3) is 0.176. The van der Waals surface area contributed by atoms with Crippen LogP contribution in [0.5, 0.6) is 0 Å². The SMILES string of the molecule is COC(=O)c1ccc(CC(=O)Cc2ccc(Cc3ccc(CC(=O)Cc4ccc(C(=O)O)cc4)cc3)cc2)cc1. The molecule has 1 N–H and O–H groups in total. The lowest BCUT2D eigenvalue weighted by molar-refractivity contribution is -0.118. The molecule has 40 heavy (non-hydrogen) atoms. The van der Waals surface area contributed by atoms with Gasteiger partial charge in [-0.15, -0.1) is 0 Å². The second-order valence-electron chi connectivity index (χ2n) is 9.78. The first-order chi connectivity index (χ1) is 19.3. The van der Waals surface area contributed by atoms with Gasteiger partial charge in [0.15, 0.2) is 0 Å². The molecule has 4 aromatic carbocycles. The highest BCUT2D eigenvalue weighted by atomic mass is 16.5. The van der Waals surface area contributed by atoms with E-state index >= 15 is 0 Å². The molecular formula is C34H30O6. The normalized spacial score (nSPS) is 10.6. The third kappa shape index (κ3) is 8.08. The molecule has 0 spiro atoms. The second kappa shape index (κ2) is 13.3. The number of hydrogen-bond donors (Lipinski definition) is 1. The van der Waals surface area contributed by atoms with Gasteiger partial charge in [0.25, 0.3) is 0 Å². The maximum atomic E-state index is 12.5. The Bertz CT molecular complexity index is 1480. The number of hydrogen-bond acceptors (Lipinski definition) is 5. The Morgan fingerprint density at radius 3 is 1.12 bits per heavy atom. The molecule has 0 amide bonds. The van der Waals surface area contributed by atoms with Gasteiger partial charge >= 0.3 is 11.9 Å². The molecule has 0 heterocycles. The number of esters is 1. The van der Waals surface area contributed by atoms with Crippen LogP contribution in [0.2, 0.25) is 0 Å². The maximum absolute atomic E-state index is 12.5. The quantitative estimate of drug-likeness (QED) is 0.242. The summed E-state index contributed by atoms with van der Waals surface area (Å²) in [6, 6.07) is 29.2. The lowest BCUT2D eigenvalue weighted by atomic mass is 9.98. The van der Waals surface area contributed by atoms with Crippen molar-refractivity contribution in [2.24, 2.45) is 0 Å². The van der Waals surface area contributed by atoms with E-state index in [9.17, 15) is 19.2 Å². The van der Waals surface area contributed by atoms with E-state index in [4.69, 9.17) is 9.84 Å². The van der Waals surface area contributed by atoms with E-state index in [2.05, 4.69) is 0 Å². The van der Waals surface area contributed by atoms with Gasteiger partial charge in [-0.2, -0.15) is 0 Å². The average molecular weight is 535 g/mol. The molecule has 0 aromatic heterocycles. The smallest absolute Gasteiger partial charge is 0.337 e. The van der Waals surface area contributed by atoms with Crippen LogP contribution < -0.4 is 0 Å². The van der Waals surface area contributed by atoms with Crippen molar-refractivity contribution in [2.45, 2.75) is 32.1 Å². The van der Waals surface area contributed by atoms with E-state index < -0.39 is 11.9 Å². The molecule has 6 heteroatoms. The standard InChI is InChI=1S/C34H30O6/c1-40-34(39)30-16-12-28(13-17-30)22-32(36)20-26-8-4-24(5-9-26)18-23-2-6-25(7-3-23)19-31(35)21-27-10-14-29(15-11-27)33(37)38/h2-17H,18-22H2,1H3,(H,37,38). The summed E-state index contributed by atoms with van der Waals surface area (Å²) in [6.07, 6.45) is 1.96. The van der Waals surface area contributed by atoms with Gasteiger partial charge in [0.2, 0.25) is 0 Å². The van der Waals surface area contributed by atoms with Gasteiger partial charge in [0, 0.05) is 25.7 Å². The van der Waals surface area contributed by atoms with Gasteiger partial charge in [-0.1, -0.05) is 72.8 Å². The lowest BCUT2D eigenvalue weighted by Crippen LogP contribution is -2.07. The third-order valence-electron chi connectivity index (χ3n) is 6.64. The van der Waals surface area contributed by atoms with Crippen molar-refractivity contribution >= 4 is 23.5 Å².